The van der Waals surface area contributed by atoms with Crippen molar-refractivity contribution in [1.29, 1.82) is 0 Å². The van der Waals surface area contributed by atoms with E-state index in [0.29, 0.717) is 6.54 Å². The lowest BCUT2D eigenvalue weighted by Gasteiger charge is -2.27. The van der Waals surface area contributed by atoms with Crippen molar-refractivity contribution < 1.29 is 14.8 Å². The van der Waals surface area contributed by atoms with Crippen LogP contribution in [0.2, 0.25) is 0 Å². The Bertz CT molecular complexity index is 524. The van der Waals surface area contributed by atoms with Gasteiger partial charge < -0.3 is 10.4 Å². The summed E-state index contributed by atoms with van der Waals surface area (Å²) in [5, 5.41) is 23.4. The van der Waals surface area contributed by atoms with Gasteiger partial charge in [0.15, 0.2) is 0 Å². The highest BCUT2D eigenvalue weighted by atomic mass is 32.2. The van der Waals surface area contributed by atoms with E-state index in [1.807, 2.05) is 6.26 Å². The Hall–Kier alpha value is -1.76. The van der Waals surface area contributed by atoms with Crippen molar-refractivity contribution in [3.63, 3.8) is 0 Å². The van der Waals surface area contributed by atoms with E-state index >= 15 is 0 Å². The van der Waals surface area contributed by atoms with Gasteiger partial charge in [0, 0.05) is 17.4 Å². The molecule has 1 aliphatic carbocycles. The van der Waals surface area contributed by atoms with Gasteiger partial charge in [-0.2, -0.15) is 11.8 Å². The minimum absolute atomic E-state index is 0.0412. The topological polar surface area (TPSA) is 92.5 Å². The number of carboxylic acids is 1. The molecular weight excluding hydrogens is 292 g/mol. The highest BCUT2D eigenvalue weighted by Gasteiger charge is 2.34. The highest BCUT2D eigenvalue weighted by molar-refractivity contribution is 8.00. The number of benzene rings is 1. The van der Waals surface area contributed by atoms with Crippen LogP contribution < -0.4 is 5.32 Å². The molecule has 1 fully saturated rings. The third-order valence-electron chi connectivity index (χ3n) is 4.00. The Morgan fingerprint density at radius 1 is 1.48 bits per heavy atom. The lowest BCUT2D eigenvalue weighted by atomic mass is 10.1. The number of rotatable bonds is 6. The molecular formula is C14H18N2O4S. The van der Waals surface area contributed by atoms with Crippen molar-refractivity contribution in [2.45, 2.75) is 30.4 Å². The van der Waals surface area contributed by atoms with E-state index in [-0.39, 0.29) is 21.7 Å². The van der Waals surface area contributed by atoms with Crippen LogP contribution in [0.1, 0.15) is 36.0 Å². The summed E-state index contributed by atoms with van der Waals surface area (Å²) in [7, 11) is 0. The molecule has 0 amide bonds. The van der Waals surface area contributed by atoms with E-state index in [0.717, 1.165) is 25.7 Å². The summed E-state index contributed by atoms with van der Waals surface area (Å²) in [6, 6.07) is 4.11. The largest absolute Gasteiger partial charge is 0.478 e. The van der Waals surface area contributed by atoms with Gasteiger partial charge in [0.1, 0.15) is 5.69 Å². The molecule has 1 aliphatic rings. The fourth-order valence-electron chi connectivity index (χ4n) is 2.78. The summed E-state index contributed by atoms with van der Waals surface area (Å²) < 4.78 is 0.0412. The zero-order chi connectivity index (χ0) is 15.5. The Kier molecular flexibility index (Phi) is 4.72. The van der Waals surface area contributed by atoms with Crippen molar-refractivity contribution in [3.8, 4) is 0 Å². The second-order valence-corrected chi connectivity index (χ2v) is 6.48. The van der Waals surface area contributed by atoms with E-state index in [1.165, 1.54) is 18.2 Å². The number of nitrogens with one attached hydrogen (secondary N) is 1. The average molecular weight is 310 g/mol. The molecule has 0 saturated heterocycles. The number of anilines is 1. The van der Waals surface area contributed by atoms with Crippen LogP contribution in [0, 0.1) is 10.1 Å². The zero-order valence-corrected chi connectivity index (χ0v) is 12.6. The Morgan fingerprint density at radius 2 is 2.14 bits per heavy atom. The van der Waals surface area contributed by atoms with Crippen LogP contribution in [-0.4, -0.2) is 33.5 Å². The molecule has 1 aromatic rings. The number of nitro groups is 1. The van der Waals surface area contributed by atoms with E-state index in [1.54, 1.807) is 11.8 Å². The summed E-state index contributed by atoms with van der Waals surface area (Å²) >= 11 is 1.75. The second-order valence-electron chi connectivity index (χ2n) is 5.21. The van der Waals surface area contributed by atoms with Crippen molar-refractivity contribution in [3.05, 3.63) is 33.9 Å². The van der Waals surface area contributed by atoms with Crippen LogP contribution >= 0.6 is 11.8 Å². The minimum Gasteiger partial charge on any atom is -0.478 e. The van der Waals surface area contributed by atoms with Gasteiger partial charge in [-0.05, 0) is 25.2 Å². The number of aromatic carboxylic acids is 1. The summed E-state index contributed by atoms with van der Waals surface area (Å²) in [6.07, 6.45) is 6.41. The van der Waals surface area contributed by atoms with Crippen molar-refractivity contribution in [2.24, 2.45) is 0 Å². The molecule has 0 heterocycles. The summed E-state index contributed by atoms with van der Waals surface area (Å²) in [4.78, 5) is 21.8. The van der Waals surface area contributed by atoms with Gasteiger partial charge in [0.25, 0.3) is 5.69 Å². The molecule has 2 N–H and O–H groups in total. The molecule has 0 unspecified atom stereocenters. The molecule has 0 bridgehead atoms. The van der Waals surface area contributed by atoms with E-state index in [4.69, 9.17) is 0 Å². The van der Waals surface area contributed by atoms with Crippen molar-refractivity contribution in [2.75, 3.05) is 18.1 Å². The lowest BCUT2D eigenvalue weighted by Crippen LogP contribution is -2.30. The van der Waals surface area contributed by atoms with Gasteiger partial charge in [-0.1, -0.05) is 18.9 Å². The van der Waals surface area contributed by atoms with Crippen LogP contribution in [0.3, 0.4) is 0 Å². The normalized spacial score (nSPS) is 16.6. The molecule has 0 spiro atoms. The standard InChI is InChI=1S/C14H18N2O4S/c1-21-14(7-2-3-8-14)9-15-12-10(13(17)18)5-4-6-11(12)16(19)20/h4-6,15H,2-3,7-9H2,1H3,(H,17,18). The Labute approximate surface area is 127 Å². The van der Waals surface area contributed by atoms with E-state index < -0.39 is 10.9 Å². The van der Waals surface area contributed by atoms with Crippen LogP contribution in [-0.2, 0) is 0 Å². The zero-order valence-electron chi connectivity index (χ0n) is 11.8. The van der Waals surface area contributed by atoms with Crippen molar-refractivity contribution >= 4 is 29.1 Å². The maximum Gasteiger partial charge on any atom is 0.338 e. The highest BCUT2D eigenvalue weighted by Crippen LogP contribution is 2.41. The molecule has 21 heavy (non-hydrogen) atoms. The molecule has 0 aromatic heterocycles. The number of para-hydroxylation sites is 1. The molecule has 7 heteroatoms. The number of nitrogens with zero attached hydrogens (tertiary/aromatic N) is 1. The van der Waals surface area contributed by atoms with E-state index in [2.05, 4.69) is 5.32 Å². The predicted octanol–water partition coefficient (Wildman–Crippen LogP) is 3.38. The van der Waals surface area contributed by atoms with Crippen LogP contribution in [0.25, 0.3) is 0 Å². The van der Waals surface area contributed by atoms with Gasteiger partial charge in [-0.25, -0.2) is 4.79 Å². The maximum atomic E-state index is 11.3. The molecule has 114 valence electrons. The maximum absolute atomic E-state index is 11.3. The monoisotopic (exact) mass is 310 g/mol. The summed E-state index contributed by atoms with van der Waals surface area (Å²) in [5.41, 5.74) is -0.141. The second kappa shape index (κ2) is 6.34. The predicted molar refractivity (Wildman–Crippen MR) is 83.3 cm³/mol. The number of thioether (sulfide) groups is 1. The first-order valence-corrected chi connectivity index (χ1v) is 8.01. The van der Waals surface area contributed by atoms with Crippen molar-refractivity contribution in [1.82, 2.24) is 0 Å². The average Bonchev–Trinajstić information content (AvgIpc) is 2.94. The molecule has 2 rings (SSSR count). The quantitative estimate of drug-likeness (QED) is 0.618. The first-order valence-electron chi connectivity index (χ1n) is 6.79. The SMILES string of the molecule is CSC1(CNc2c(C(=O)O)cccc2[N+](=O)[O-])CCCC1. The molecule has 0 radical (unpaired) electrons. The molecule has 0 atom stereocenters. The fourth-order valence-corrected chi connectivity index (χ4v) is 3.69. The van der Waals surface area contributed by atoms with Gasteiger partial charge in [0.2, 0.25) is 0 Å². The van der Waals surface area contributed by atoms with E-state index in [9.17, 15) is 20.0 Å². The number of hydrogen-bond acceptors (Lipinski definition) is 5. The molecule has 6 nitrogen and oxygen atoms in total. The van der Waals surface area contributed by atoms with Crippen LogP contribution in [0.5, 0.6) is 0 Å². The Morgan fingerprint density at radius 3 is 2.67 bits per heavy atom. The third kappa shape index (κ3) is 3.29. The number of nitro benzene ring substituents is 1. The summed E-state index contributed by atoms with van der Waals surface area (Å²) in [6.45, 7) is 0.541. The summed E-state index contributed by atoms with van der Waals surface area (Å²) in [5.74, 6) is -1.16. The molecule has 1 saturated carbocycles. The molecule has 0 aliphatic heterocycles. The molecule has 1 aromatic carbocycles. The number of carbonyl (C=O) groups is 1. The van der Waals surface area contributed by atoms with Gasteiger partial charge in [-0.3, -0.25) is 10.1 Å². The lowest BCUT2D eigenvalue weighted by molar-refractivity contribution is -0.384. The first kappa shape index (κ1) is 15.6. The van der Waals surface area contributed by atoms with Gasteiger partial charge in [-0.15, -0.1) is 0 Å². The minimum atomic E-state index is -1.16. The van der Waals surface area contributed by atoms with Crippen LogP contribution in [0.15, 0.2) is 18.2 Å². The number of carboxylic acid groups (broad SMARTS) is 1. The van der Waals surface area contributed by atoms with Gasteiger partial charge >= 0.3 is 5.97 Å². The fraction of sp³-hybridized carbons (Fsp3) is 0.500. The third-order valence-corrected chi connectivity index (χ3v) is 5.42. The number of hydrogen-bond donors (Lipinski definition) is 2. The van der Waals surface area contributed by atoms with Crippen LogP contribution in [0.4, 0.5) is 11.4 Å². The smallest absolute Gasteiger partial charge is 0.338 e. The Balaban J connectivity index is 2.29. The van der Waals surface area contributed by atoms with Gasteiger partial charge in [0.05, 0.1) is 10.5 Å². The first-order chi connectivity index (χ1) is 9.99.